The first-order valence-corrected chi connectivity index (χ1v) is 8.03. The van der Waals surface area contributed by atoms with E-state index >= 15 is 0 Å². The smallest absolute Gasteiger partial charge is 0.145 e. The summed E-state index contributed by atoms with van der Waals surface area (Å²) in [6.07, 6.45) is -0.104. The molecule has 1 aliphatic rings. The summed E-state index contributed by atoms with van der Waals surface area (Å²) in [6, 6.07) is 11.5. The highest BCUT2D eigenvalue weighted by Crippen LogP contribution is 2.30. The Hall–Kier alpha value is -1.80. The first-order valence-electron chi connectivity index (χ1n) is 7.27. The van der Waals surface area contributed by atoms with E-state index in [9.17, 15) is 0 Å². The Bertz CT molecular complexity index is 773. The molecule has 0 bridgehead atoms. The number of anilines is 1. The van der Waals surface area contributed by atoms with Gasteiger partial charge in [0, 0.05) is 13.1 Å². The predicted octanol–water partition coefficient (Wildman–Crippen LogP) is 4.15. The molecule has 1 aromatic carbocycles. The second-order valence-corrected chi connectivity index (χ2v) is 6.24. The molecule has 2 heterocycles. The van der Waals surface area contributed by atoms with Gasteiger partial charge in [-0.05, 0) is 36.2 Å². The first kappa shape index (κ1) is 16.1. The van der Waals surface area contributed by atoms with Crippen LogP contribution in [0.1, 0.15) is 22.9 Å². The minimum atomic E-state index is -0.104. The van der Waals surface area contributed by atoms with Gasteiger partial charge in [-0.25, -0.2) is 4.98 Å². The number of rotatable bonds is 2. The fraction of sp³-hybridized carbons (Fsp3) is 0.294. The highest BCUT2D eigenvalue weighted by atomic mass is 35.5. The van der Waals surface area contributed by atoms with Crippen LogP contribution in [-0.2, 0) is 4.74 Å². The molecule has 1 fully saturated rings. The highest BCUT2D eigenvalue weighted by molar-refractivity contribution is 6.42. The Morgan fingerprint density at radius 2 is 2.09 bits per heavy atom. The highest BCUT2D eigenvalue weighted by Gasteiger charge is 2.23. The molecule has 1 unspecified atom stereocenters. The summed E-state index contributed by atoms with van der Waals surface area (Å²) < 4.78 is 5.85. The maximum absolute atomic E-state index is 9.14. The Kier molecular flexibility index (Phi) is 4.72. The number of morpholine rings is 1. The molecule has 4 nitrogen and oxygen atoms in total. The Balaban J connectivity index is 1.83. The lowest BCUT2D eigenvalue weighted by Crippen LogP contribution is -2.39. The maximum atomic E-state index is 9.14. The van der Waals surface area contributed by atoms with Gasteiger partial charge >= 0.3 is 0 Å². The van der Waals surface area contributed by atoms with Crippen molar-refractivity contribution in [3.05, 3.63) is 57.2 Å². The van der Waals surface area contributed by atoms with Crippen molar-refractivity contribution in [2.45, 2.75) is 13.0 Å². The average Bonchev–Trinajstić information content (AvgIpc) is 2.58. The zero-order valence-electron chi connectivity index (χ0n) is 12.6. The fourth-order valence-corrected chi connectivity index (χ4v) is 2.89. The molecule has 0 amide bonds. The number of benzene rings is 1. The largest absolute Gasteiger partial charge is 0.370 e. The monoisotopic (exact) mass is 347 g/mol. The van der Waals surface area contributed by atoms with Gasteiger partial charge in [-0.2, -0.15) is 5.26 Å². The summed E-state index contributed by atoms with van der Waals surface area (Å²) in [7, 11) is 0. The minimum Gasteiger partial charge on any atom is -0.370 e. The van der Waals surface area contributed by atoms with Crippen molar-refractivity contribution in [3.63, 3.8) is 0 Å². The van der Waals surface area contributed by atoms with E-state index in [-0.39, 0.29) is 6.10 Å². The Labute approximate surface area is 145 Å². The van der Waals surface area contributed by atoms with Gasteiger partial charge in [0.15, 0.2) is 0 Å². The van der Waals surface area contributed by atoms with E-state index in [0.29, 0.717) is 28.9 Å². The standard InChI is InChI=1S/C17H15Cl2N3O/c1-11-2-5-17(21-15(11)9-20)22-6-7-23-16(10-22)12-3-4-13(18)14(19)8-12/h2-5,8,16H,6-7,10H2,1H3. The molecule has 0 spiro atoms. The van der Waals surface area contributed by atoms with Crippen molar-refractivity contribution >= 4 is 29.0 Å². The topological polar surface area (TPSA) is 49.1 Å². The molecule has 1 aromatic heterocycles. The van der Waals surface area contributed by atoms with Crippen LogP contribution in [0.15, 0.2) is 30.3 Å². The zero-order valence-corrected chi connectivity index (χ0v) is 14.1. The molecule has 0 N–H and O–H groups in total. The van der Waals surface area contributed by atoms with Crippen molar-refractivity contribution < 1.29 is 4.74 Å². The lowest BCUT2D eigenvalue weighted by Gasteiger charge is -2.34. The second-order valence-electron chi connectivity index (χ2n) is 5.43. The SMILES string of the molecule is Cc1ccc(N2CCOC(c3ccc(Cl)c(Cl)c3)C2)nc1C#N. The van der Waals surface area contributed by atoms with Crippen molar-refractivity contribution in [2.75, 3.05) is 24.6 Å². The number of nitriles is 1. The molecule has 3 rings (SSSR count). The van der Waals surface area contributed by atoms with Gasteiger partial charge in [0.05, 0.1) is 16.7 Å². The van der Waals surface area contributed by atoms with Crippen molar-refractivity contribution in [3.8, 4) is 6.07 Å². The minimum absolute atomic E-state index is 0.104. The van der Waals surface area contributed by atoms with Gasteiger partial charge in [0.2, 0.25) is 0 Å². The van der Waals surface area contributed by atoms with E-state index in [4.69, 9.17) is 33.2 Å². The maximum Gasteiger partial charge on any atom is 0.145 e. The number of halogens is 2. The van der Waals surface area contributed by atoms with Crippen LogP contribution in [-0.4, -0.2) is 24.7 Å². The number of hydrogen-bond acceptors (Lipinski definition) is 4. The van der Waals surface area contributed by atoms with Crippen molar-refractivity contribution in [2.24, 2.45) is 0 Å². The van der Waals surface area contributed by atoms with Gasteiger partial charge in [-0.1, -0.05) is 35.3 Å². The molecule has 6 heteroatoms. The van der Waals surface area contributed by atoms with E-state index < -0.39 is 0 Å². The van der Waals surface area contributed by atoms with E-state index in [1.807, 2.05) is 31.2 Å². The molecule has 0 aliphatic carbocycles. The molecule has 2 aromatic rings. The molecule has 0 radical (unpaired) electrons. The van der Waals surface area contributed by atoms with Crippen LogP contribution in [0.2, 0.25) is 10.0 Å². The van der Waals surface area contributed by atoms with Gasteiger partial charge in [-0.15, -0.1) is 0 Å². The van der Waals surface area contributed by atoms with Crippen LogP contribution in [0.5, 0.6) is 0 Å². The van der Waals surface area contributed by atoms with Crippen LogP contribution in [0.25, 0.3) is 0 Å². The summed E-state index contributed by atoms with van der Waals surface area (Å²) in [6.45, 7) is 3.85. The van der Waals surface area contributed by atoms with Gasteiger partial charge < -0.3 is 9.64 Å². The van der Waals surface area contributed by atoms with E-state index in [1.54, 1.807) is 6.07 Å². The van der Waals surface area contributed by atoms with Crippen molar-refractivity contribution in [1.29, 1.82) is 5.26 Å². The summed E-state index contributed by atoms with van der Waals surface area (Å²) >= 11 is 12.1. The molecule has 1 aliphatic heterocycles. The van der Waals surface area contributed by atoms with E-state index in [2.05, 4.69) is 16.0 Å². The number of ether oxygens (including phenoxy) is 1. The number of aromatic nitrogens is 1. The van der Waals surface area contributed by atoms with Gasteiger partial charge in [0.25, 0.3) is 0 Å². The number of nitrogens with zero attached hydrogens (tertiary/aromatic N) is 3. The van der Waals surface area contributed by atoms with Crippen LogP contribution >= 0.6 is 23.2 Å². The summed E-state index contributed by atoms with van der Waals surface area (Å²) in [5.74, 6) is 0.792. The number of aryl methyl sites for hydroxylation is 1. The molecule has 0 saturated carbocycles. The lowest BCUT2D eigenvalue weighted by molar-refractivity contribution is 0.0395. The normalized spacial score (nSPS) is 17.8. The zero-order chi connectivity index (χ0) is 16.4. The van der Waals surface area contributed by atoms with Crippen LogP contribution in [0, 0.1) is 18.3 Å². The number of hydrogen-bond donors (Lipinski definition) is 0. The molecule has 1 atom stereocenters. The lowest BCUT2D eigenvalue weighted by atomic mass is 10.1. The molecular weight excluding hydrogens is 333 g/mol. The number of pyridine rings is 1. The third kappa shape index (κ3) is 3.42. The summed E-state index contributed by atoms with van der Waals surface area (Å²) in [5.41, 5.74) is 2.32. The summed E-state index contributed by atoms with van der Waals surface area (Å²) in [5, 5.41) is 10.2. The van der Waals surface area contributed by atoms with Crippen LogP contribution < -0.4 is 4.90 Å². The fourth-order valence-electron chi connectivity index (χ4n) is 2.58. The van der Waals surface area contributed by atoms with Crippen LogP contribution in [0.3, 0.4) is 0 Å². The Morgan fingerprint density at radius 3 is 2.83 bits per heavy atom. The molecule has 118 valence electrons. The average molecular weight is 348 g/mol. The third-order valence-electron chi connectivity index (χ3n) is 3.89. The first-order chi connectivity index (χ1) is 11.1. The van der Waals surface area contributed by atoms with E-state index in [0.717, 1.165) is 23.5 Å². The predicted molar refractivity (Wildman–Crippen MR) is 91.1 cm³/mol. The van der Waals surface area contributed by atoms with Crippen molar-refractivity contribution in [1.82, 2.24) is 4.98 Å². The summed E-state index contributed by atoms with van der Waals surface area (Å²) in [4.78, 5) is 6.56. The third-order valence-corrected chi connectivity index (χ3v) is 4.63. The molecule has 1 saturated heterocycles. The van der Waals surface area contributed by atoms with Gasteiger partial charge in [0.1, 0.15) is 23.7 Å². The van der Waals surface area contributed by atoms with Gasteiger partial charge in [-0.3, -0.25) is 0 Å². The van der Waals surface area contributed by atoms with Crippen LogP contribution in [0.4, 0.5) is 5.82 Å². The second kappa shape index (κ2) is 6.76. The Morgan fingerprint density at radius 1 is 1.26 bits per heavy atom. The quantitative estimate of drug-likeness (QED) is 0.818. The van der Waals surface area contributed by atoms with E-state index in [1.165, 1.54) is 0 Å². The molecule has 23 heavy (non-hydrogen) atoms. The molecular formula is C17H15Cl2N3O.